The van der Waals surface area contributed by atoms with Crippen LogP contribution in [0.15, 0.2) is 91.0 Å². The maximum atomic E-state index is 10.1. The van der Waals surface area contributed by atoms with E-state index in [0.717, 1.165) is 20.3 Å². The largest absolute Gasteiger partial charge is 0.496 e. The molecule has 2 aromatic carbocycles. The summed E-state index contributed by atoms with van der Waals surface area (Å²) in [7, 11) is 3.24. The Balaban J connectivity index is 0.000000193. The summed E-state index contributed by atoms with van der Waals surface area (Å²) < 4.78 is 22.0. The molecule has 8 heteroatoms. The fourth-order valence-electron chi connectivity index (χ4n) is 2.66. The highest BCUT2D eigenvalue weighted by Gasteiger charge is 2.17. The van der Waals surface area contributed by atoms with E-state index in [1.165, 1.54) is 12.5 Å². The van der Waals surface area contributed by atoms with Gasteiger partial charge < -0.3 is 23.4 Å². The van der Waals surface area contributed by atoms with Gasteiger partial charge in [0.05, 0.1) is 26.7 Å². The molecule has 2 heterocycles. The minimum absolute atomic E-state index is 0.375. The highest BCUT2D eigenvalue weighted by atomic mass is 79.9. The molecule has 0 amide bonds. The molecule has 0 saturated heterocycles. The summed E-state index contributed by atoms with van der Waals surface area (Å²) in [4.78, 5) is 9.77. The minimum Gasteiger partial charge on any atom is -0.496 e. The zero-order chi connectivity index (χ0) is 24.2. The third-order valence-electron chi connectivity index (χ3n) is 4.33. The maximum Gasteiger partial charge on any atom is 0.185 e. The van der Waals surface area contributed by atoms with E-state index in [9.17, 15) is 9.90 Å². The van der Waals surface area contributed by atoms with Crippen molar-refractivity contribution in [2.45, 2.75) is 13.0 Å². The molecule has 0 spiro atoms. The van der Waals surface area contributed by atoms with Crippen LogP contribution in [-0.4, -0.2) is 25.6 Å². The first-order valence-electron chi connectivity index (χ1n) is 9.73. The van der Waals surface area contributed by atoms with Gasteiger partial charge in [-0.05, 0) is 61.0 Å². The zero-order valence-electron chi connectivity index (χ0n) is 18.3. The third-order valence-corrected chi connectivity index (χ3v) is 5.32. The lowest BCUT2D eigenvalue weighted by atomic mass is 10.1. The molecular weight excluding hydrogens is 556 g/mol. The van der Waals surface area contributed by atoms with E-state index < -0.39 is 6.10 Å². The van der Waals surface area contributed by atoms with Crippen LogP contribution in [0.1, 0.15) is 33.5 Å². The monoisotopic (exact) mass is 578 g/mol. The molecule has 2 aromatic heterocycles. The number of methoxy groups -OCH3 is 2. The highest BCUT2D eigenvalue weighted by molar-refractivity contribution is 9.10. The first kappa shape index (κ1) is 26.4. The second-order valence-electron chi connectivity index (χ2n) is 6.55. The van der Waals surface area contributed by atoms with Gasteiger partial charge in [0.25, 0.3) is 0 Å². The van der Waals surface area contributed by atoms with Crippen molar-refractivity contribution in [1.82, 2.24) is 0 Å². The number of aliphatic hydroxyl groups excluding tert-OH is 1. The fraction of sp³-hybridized carbons (Fsp3) is 0.160. The maximum absolute atomic E-state index is 10.1. The molecule has 0 aliphatic carbocycles. The van der Waals surface area contributed by atoms with E-state index in [1.54, 1.807) is 44.6 Å². The van der Waals surface area contributed by atoms with Crippen molar-refractivity contribution >= 4 is 38.1 Å². The predicted molar refractivity (Wildman–Crippen MR) is 133 cm³/mol. The van der Waals surface area contributed by atoms with Crippen molar-refractivity contribution in [3.8, 4) is 11.5 Å². The van der Waals surface area contributed by atoms with E-state index in [4.69, 9.17) is 13.9 Å². The number of ether oxygens (including phenoxy) is 2. The molecule has 0 bridgehead atoms. The number of rotatable bonds is 5. The van der Waals surface area contributed by atoms with Crippen molar-refractivity contribution in [2.24, 2.45) is 0 Å². The number of carbonyl (C=O) groups excluding carboxylic acids is 1. The molecule has 1 N–H and O–H groups in total. The van der Waals surface area contributed by atoms with Crippen molar-refractivity contribution < 1.29 is 28.2 Å². The van der Waals surface area contributed by atoms with Crippen LogP contribution in [0.4, 0.5) is 0 Å². The van der Waals surface area contributed by atoms with Gasteiger partial charge in [0.1, 0.15) is 23.4 Å². The Labute approximate surface area is 209 Å². The van der Waals surface area contributed by atoms with E-state index in [0.29, 0.717) is 29.1 Å². The second-order valence-corrected chi connectivity index (χ2v) is 8.38. The van der Waals surface area contributed by atoms with Crippen molar-refractivity contribution in [3.63, 3.8) is 0 Å². The third kappa shape index (κ3) is 8.24. The van der Waals surface area contributed by atoms with Gasteiger partial charge in [0.15, 0.2) is 12.0 Å². The Morgan fingerprint density at radius 3 is 1.97 bits per heavy atom. The van der Waals surface area contributed by atoms with Gasteiger partial charge >= 0.3 is 0 Å². The van der Waals surface area contributed by atoms with Gasteiger partial charge in [-0.15, -0.1) is 0 Å². The Hall–Kier alpha value is -2.81. The number of aldehydes is 1. The smallest absolute Gasteiger partial charge is 0.185 e. The summed E-state index contributed by atoms with van der Waals surface area (Å²) in [5.41, 5.74) is 1.84. The normalized spacial score (nSPS) is 10.7. The quantitative estimate of drug-likeness (QED) is 0.257. The molecule has 4 aromatic rings. The number of benzene rings is 2. The minimum atomic E-state index is -0.807. The molecule has 33 heavy (non-hydrogen) atoms. The summed E-state index contributed by atoms with van der Waals surface area (Å²) >= 11 is 6.71. The number of hydrogen-bond donors (Lipinski definition) is 1. The lowest BCUT2D eigenvalue weighted by Gasteiger charge is -2.13. The molecule has 0 aliphatic rings. The van der Waals surface area contributed by atoms with Crippen LogP contribution in [0.25, 0.3) is 0 Å². The predicted octanol–water partition coefficient (Wildman–Crippen LogP) is 6.99. The number of halogens is 2. The number of carbonyl (C=O) groups is 1. The lowest BCUT2D eigenvalue weighted by molar-refractivity contribution is 0.110. The van der Waals surface area contributed by atoms with Crippen LogP contribution >= 0.6 is 31.9 Å². The molecule has 0 aliphatic heterocycles. The summed E-state index contributed by atoms with van der Waals surface area (Å²) in [5, 5.41) is 10.1. The van der Waals surface area contributed by atoms with Crippen molar-refractivity contribution in [2.75, 3.05) is 14.2 Å². The molecule has 0 fully saturated rings. The van der Waals surface area contributed by atoms with Crippen LogP contribution < -0.4 is 9.47 Å². The molecule has 0 radical (unpaired) electrons. The molecule has 1 unspecified atom stereocenters. The first-order valence-corrected chi connectivity index (χ1v) is 11.3. The molecule has 1 atom stereocenters. The van der Waals surface area contributed by atoms with E-state index in [2.05, 4.69) is 36.3 Å². The molecule has 0 saturated carbocycles. The van der Waals surface area contributed by atoms with Gasteiger partial charge in [-0.1, -0.05) is 44.0 Å². The van der Waals surface area contributed by atoms with Gasteiger partial charge in [-0.2, -0.15) is 0 Å². The van der Waals surface area contributed by atoms with Crippen LogP contribution in [0.5, 0.6) is 11.5 Å². The summed E-state index contributed by atoms with van der Waals surface area (Å²) in [6.45, 7) is 2.02. The highest BCUT2D eigenvalue weighted by Crippen LogP contribution is 2.32. The first-order chi connectivity index (χ1) is 15.9. The van der Waals surface area contributed by atoms with Gasteiger partial charge in [-0.25, -0.2) is 0 Å². The topological polar surface area (TPSA) is 82.0 Å². The van der Waals surface area contributed by atoms with E-state index >= 15 is 0 Å². The number of aryl methyl sites for hydroxylation is 1. The molecule has 4 rings (SSSR count). The van der Waals surface area contributed by atoms with Crippen LogP contribution in [0.3, 0.4) is 0 Å². The lowest BCUT2D eigenvalue weighted by Crippen LogP contribution is -2.01. The number of furan rings is 2. The summed E-state index contributed by atoms with van der Waals surface area (Å²) in [6, 6.07) is 18.2. The van der Waals surface area contributed by atoms with Crippen molar-refractivity contribution in [1.29, 1.82) is 0 Å². The average molecular weight is 580 g/mol. The fourth-order valence-corrected chi connectivity index (χ4v) is 3.34. The standard InChI is InChI=1S/C12H11BrO3.C8H9BrO.C5H4O2/c1-15-11-7-8(13)4-5-9(11)12(14)10-3-2-6-16-10;1-6-3-4-7(9)5-8(6)10-2;6-4-5-2-1-3-7-5/h2-7,12,14H,1H3;3-5H,1-2H3;1-4H. The molecule has 174 valence electrons. The van der Waals surface area contributed by atoms with Crippen LogP contribution in [0, 0.1) is 6.92 Å². The van der Waals surface area contributed by atoms with E-state index in [-0.39, 0.29) is 0 Å². The second kappa shape index (κ2) is 13.7. The van der Waals surface area contributed by atoms with E-state index in [1.807, 2.05) is 37.3 Å². The molecular formula is C25H24Br2O6. The number of aliphatic hydroxyl groups is 1. The Morgan fingerprint density at radius 2 is 1.48 bits per heavy atom. The Morgan fingerprint density at radius 1 is 0.879 bits per heavy atom. The summed E-state index contributed by atoms with van der Waals surface area (Å²) in [6.07, 6.45) is 2.85. The SMILES string of the molecule is COc1cc(Br)ccc1C.COc1cc(Br)ccc1C(O)c1ccco1.O=Cc1ccco1. The number of hydrogen-bond acceptors (Lipinski definition) is 6. The molecule has 6 nitrogen and oxygen atoms in total. The van der Waals surface area contributed by atoms with Gasteiger partial charge in [0.2, 0.25) is 0 Å². The Bertz CT molecular complexity index is 1110. The Kier molecular flexibility index (Phi) is 11.0. The average Bonchev–Trinajstić information content (AvgIpc) is 3.55. The zero-order valence-corrected chi connectivity index (χ0v) is 21.5. The summed E-state index contributed by atoms with van der Waals surface area (Å²) in [5.74, 6) is 2.42. The van der Waals surface area contributed by atoms with Gasteiger partial charge in [-0.3, -0.25) is 4.79 Å². The van der Waals surface area contributed by atoms with Crippen LogP contribution in [0.2, 0.25) is 0 Å². The van der Waals surface area contributed by atoms with Gasteiger partial charge in [0, 0.05) is 14.5 Å². The van der Waals surface area contributed by atoms with Crippen molar-refractivity contribution in [3.05, 3.63) is 105 Å². The van der Waals surface area contributed by atoms with Crippen LogP contribution in [-0.2, 0) is 0 Å².